The van der Waals surface area contributed by atoms with Crippen LogP contribution in [0.15, 0.2) is 22.1 Å². The van der Waals surface area contributed by atoms with E-state index in [0.29, 0.717) is 20.8 Å². The van der Waals surface area contributed by atoms with Crippen molar-refractivity contribution in [3.8, 4) is 0 Å². The molecule has 17 heavy (non-hydrogen) atoms. The molecule has 0 spiro atoms. The van der Waals surface area contributed by atoms with Crippen molar-refractivity contribution in [2.75, 3.05) is 19.8 Å². The number of hydrogen-bond acceptors (Lipinski definition) is 4. The number of hydrogen-bond donors (Lipinski definition) is 1. The Hall–Kier alpha value is -0.200. The van der Waals surface area contributed by atoms with Gasteiger partial charge in [-0.15, -0.1) is 0 Å². The van der Waals surface area contributed by atoms with Crippen molar-refractivity contribution in [2.45, 2.75) is 4.57 Å². The number of rotatable bonds is 4. The van der Waals surface area contributed by atoms with E-state index in [2.05, 4.69) is 25.9 Å². The molecule has 0 saturated heterocycles. The third-order valence-corrected chi connectivity index (χ3v) is 3.19. The molecule has 0 aromatic heterocycles. The van der Waals surface area contributed by atoms with Gasteiger partial charge in [0.05, 0.1) is 23.6 Å². The van der Waals surface area contributed by atoms with Gasteiger partial charge in [-0.3, -0.25) is 0 Å². The van der Waals surface area contributed by atoms with Gasteiger partial charge in [0.15, 0.2) is 0 Å². The van der Waals surface area contributed by atoms with Gasteiger partial charge in [0, 0.05) is 5.02 Å². The van der Waals surface area contributed by atoms with E-state index in [-0.39, 0.29) is 19.8 Å². The van der Waals surface area contributed by atoms with E-state index in [1.54, 1.807) is 12.1 Å². The highest BCUT2D eigenvalue weighted by molar-refractivity contribution is 9.10. The standard InChI is InChI=1S/C10H9BrCl2N2O2/c11-10(5-17-2-1-16)14-8-4-6(12)3-7(13)9(8)15-10/h3-4,16H,1-2,5H2. The molecule has 0 saturated carbocycles. The Bertz CT molecular complexity index is 552. The molecule has 1 aromatic rings. The highest BCUT2D eigenvalue weighted by atomic mass is 79.9. The molecule has 1 atom stereocenters. The fourth-order valence-electron chi connectivity index (χ4n) is 1.46. The number of fused-ring (bicyclic) bond motifs is 1. The molecule has 1 unspecified atom stereocenters. The zero-order valence-corrected chi connectivity index (χ0v) is 11.8. The van der Waals surface area contributed by atoms with Crippen LogP contribution >= 0.6 is 39.1 Å². The Morgan fingerprint density at radius 3 is 2.82 bits per heavy atom. The molecule has 0 aliphatic carbocycles. The van der Waals surface area contributed by atoms with Gasteiger partial charge >= 0.3 is 0 Å². The lowest BCUT2D eigenvalue weighted by atomic mass is 10.3. The SMILES string of the molecule is OCCOCC1(Br)N=c2cc(Cl)cc(Cl)c2=N1. The van der Waals surface area contributed by atoms with Crippen LogP contribution in [0.4, 0.5) is 0 Å². The zero-order chi connectivity index (χ0) is 12.5. The van der Waals surface area contributed by atoms with E-state index < -0.39 is 4.57 Å². The van der Waals surface area contributed by atoms with Gasteiger partial charge in [0.1, 0.15) is 12.0 Å². The summed E-state index contributed by atoms with van der Waals surface area (Å²) in [7, 11) is 0. The molecule has 1 N–H and O–H groups in total. The Kier molecular flexibility index (Phi) is 4.05. The summed E-state index contributed by atoms with van der Waals surface area (Å²) in [6, 6.07) is 3.32. The Balaban J connectivity index is 2.32. The Morgan fingerprint density at radius 1 is 1.35 bits per heavy atom. The van der Waals surface area contributed by atoms with Crippen LogP contribution in [0.25, 0.3) is 0 Å². The fourth-order valence-corrected chi connectivity index (χ4v) is 2.52. The predicted molar refractivity (Wildman–Crippen MR) is 68.3 cm³/mol. The van der Waals surface area contributed by atoms with Gasteiger partial charge in [-0.1, -0.05) is 23.2 Å². The van der Waals surface area contributed by atoms with Crippen LogP contribution in [-0.4, -0.2) is 29.5 Å². The van der Waals surface area contributed by atoms with Crippen molar-refractivity contribution in [1.29, 1.82) is 0 Å². The molecule has 4 nitrogen and oxygen atoms in total. The first kappa shape index (κ1) is 13.2. The molecular weight excluding hydrogens is 331 g/mol. The summed E-state index contributed by atoms with van der Waals surface area (Å²) >= 11 is 15.3. The molecule has 1 aromatic carbocycles. The average Bonchev–Trinajstić information content (AvgIpc) is 2.56. The van der Waals surface area contributed by atoms with Gasteiger partial charge in [-0.05, 0) is 28.1 Å². The maximum Gasteiger partial charge on any atom is 0.230 e. The van der Waals surface area contributed by atoms with Crippen LogP contribution in [0.1, 0.15) is 0 Å². The zero-order valence-electron chi connectivity index (χ0n) is 8.66. The first-order valence-corrected chi connectivity index (χ1v) is 6.41. The minimum atomic E-state index is -0.876. The second-order valence-corrected chi connectivity index (χ2v) is 5.59. The Morgan fingerprint density at radius 2 is 2.12 bits per heavy atom. The van der Waals surface area contributed by atoms with Crippen molar-refractivity contribution in [2.24, 2.45) is 9.98 Å². The van der Waals surface area contributed by atoms with Crippen molar-refractivity contribution in [1.82, 2.24) is 0 Å². The quantitative estimate of drug-likeness (QED) is 0.511. The maximum absolute atomic E-state index is 8.64. The van der Waals surface area contributed by atoms with Crippen LogP contribution in [0.2, 0.25) is 10.0 Å². The summed E-state index contributed by atoms with van der Waals surface area (Å²) in [6.07, 6.45) is 0. The lowest BCUT2D eigenvalue weighted by molar-refractivity contribution is 0.0801. The summed E-state index contributed by atoms with van der Waals surface area (Å²) in [5.74, 6) is 0. The van der Waals surface area contributed by atoms with E-state index in [1.807, 2.05) is 0 Å². The van der Waals surface area contributed by atoms with E-state index >= 15 is 0 Å². The van der Waals surface area contributed by atoms with Crippen molar-refractivity contribution in [3.63, 3.8) is 0 Å². The van der Waals surface area contributed by atoms with Crippen LogP contribution in [0, 0.1) is 0 Å². The highest BCUT2D eigenvalue weighted by Gasteiger charge is 2.28. The van der Waals surface area contributed by atoms with Gasteiger partial charge in [-0.25, -0.2) is 9.98 Å². The van der Waals surface area contributed by atoms with Gasteiger partial charge in [0.25, 0.3) is 0 Å². The molecule has 0 fully saturated rings. The molecule has 0 radical (unpaired) electrons. The predicted octanol–water partition coefficient (Wildman–Crippen LogP) is 1.30. The molecule has 92 valence electrons. The average molecular weight is 340 g/mol. The first-order chi connectivity index (χ1) is 8.04. The smallest absolute Gasteiger partial charge is 0.230 e. The molecular formula is C10H9BrCl2N2O2. The summed E-state index contributed by atoms with van der Waals surface area (Å²) < 4.78 is 4.33. The third kappa shape index (κ3) is 2.98. The second-order valence-electron chi connectivity index (χ2n) is 3.47. The van der Waals surface area contributed by atoms with E-state index in [9.17, 15) is 0 Å². The van der Waals surface area contributed by atoms with Crippen LogP contribution in [0.3, 0.4) is 0 Å². The second kappa shape index (κ2) is 5.20. The number of halogens is 3. The number of benzene rings is 1. The van der Waals surface area contributed by atoms with E-state index in [4.69, 9.17) is 33.0 Å². The first-order valence-electron chi connectivity index (χ1n) is 4.86. The summed E-state index contributed by atoms with van der Waals surface area (Å²) in [5, 5.41) is 10.8. The summed E-state index contributed by atoms with van der Waals surface area (Å²) in [5.41, 5.74) is 0. The number of nitrogens with zero attached hydrogens (tertiary/aromatic N) is 2. The number of aliphatic hydroxyl groups excluding tert-OH is 1. The van der Waals surface area contributed by atoms with Crippen LogP contribution in [-0.2, 0) is 4.74 Å². The van der Waals surface area contributed by atoms with Gasteiger partial charge in [-0.2, -0.15) is 0 Å². The minimum absolute atomic E-state index is 0.0391. The topological polar surface area (TPSA) is 54.2 Å². The van der Waals surface area contributed by atoms with E-state index in [0.717, 1.165) is 0 Å². The summed E-state index contributed by atoms with van der Waals surface area (Å²) in [6.45, 7) is 0.419. The van der Waals surface area contributed by atoms with Gasteiger partial charge < -0.3 is 9.84 Å². The lowest BCUT2D eigenvalue weighted by Gasteiger charge is -2.14. The lowest BCUT2D eigenvalue weighted by Crippen LogP contribution is -2.22. The van der Waals surface area contributed by atoms with Crippen molar-refractivity contribution >= 4 is 39.1 Å². The molecule has 0 amide bonds. The molecule has 0 bridgehead atoms. The summed E-state index contributed by atoms with van der Waals surface area (Å²) in [4.78, 5) is 8.70. The third-order valence-electron chi connectivity index (χ3n) is 2.10. The normalized spacial score (nSPS) is 21.9. The fraction of sp³-hybridized carbons (Fsp3) is 0.400. The van der Waals surface area contributed by atoms with Crippen LogP contribution < -0.4 is 10.7 Å². The highest BCUT2D eigenvalue weighted by Crippen LogP contribution is 2.24. The van der Waals surface area contributed by atoms with E-state index in [1.165, 1.54) is 0 Å². The van der Waals surface area contributed by atoms with Crippen molar-refractivity contribution < 1.29 is 9.84 Å². The largest absolute Gasteiger partial charge is 0.394 e. The number of aliphatic hydroxyl groups is 1. The van der Waals surface area contributed by atoms with Crippen molar-refractivity contribution in [3.05, 3.63) is 32.9 Å². The number of ether oxygens (including phenoxy) is 1. The molecule has 2 rings (SSSR count). The maximum atomic E-state index is 8.64. The minimum Gasteiger partial charge on any atom is -0.394 e. The molecule has 1 aliphatic rings. The number of alkyl halides is 1. The molecule has 1 heterocycles. The van der Waals surface area contributed by atoms with Crippen LogP contribution in [0.5, 0.6) is 0 Å². The monoisotopic (exact) mass is 338 g/mol. The molecule has 1 aliphatic heterocycles. The Labute approximate surface area is 116 Å². The van der Waals surface area contributed by atoms with Gasteiger partial charge in [0.2, 0.25) is 4.57 Å². The molecule has 7 heteroatoms.